The molecule has 0 spiro atoms. The molecular weight excluding hydrogens is 264 g/mol. The number of aryl methyl sites for hydroxylation is 2. The van der Waals surface area contributed by atoms with E-state index in [4.69, 9.17) is 16.3 Å². The molecule has 4 nitrogen and oxygen atoms in total. The molecule has 1 fully saturated rings. The Morgan fingerprint density at radius 3 is 2.42 bits per heavy atom. The number of rotatable bonds is 3. The average Bonchev–Trinajstić information content (AvgIpc) is 2.70. The van der Waals surface area contributed by atoms with E-state index in [9.17, 15) is 4.79 Å². The Bertz CT molecular complexity index is 498. The molecule has 4 unspecified atom stereocenters. The predicted octanol–water partition coefficient (Wildman–Crippen LogP) is 2.55. The van der Waals surface area contributed by atoms with Gasteiger partial charge in [0, 0.05) is 24.9 Å². The molecule has 5 heteroatoms. The first kappa shape index (κ1) is 14.5. The first-order valence-electron chi connectivity index (χ1n) is 6.69. The highest BCUT2D eigenvalue weighted by Gasteiger charge is 2.41. The lowest BCUT2D eigenvalue weighted by Crippen LogP contribution is -2.28. The monoisotopic (exact) mass is 284 g/mol. The largest absolute Gasteiger partial charge is 0.375 e. The molecule has 1 aromatic rings. The Morgan fingerprint density at radius 1 is 1.37 bits per heavy atom. The normalized spacial score (nSPS) is 30.8. The minimum absolute atomic E-state index is 0.0201. The fourth-order valence-corrected chi connectivity index (χ4v) is 3.23. The summed E-state index contributed by atoms with van der Waals surface area (Å²) in [6.07, 6.45) is 0.455. The second-order valence-corrected chi connectivity index (χ2v) is 5.91. The number of hydrogen-bond donors (Lipinski definition) is 0. The third kappa shape index (κ3) is 2.56. The highest BCUT2D eigenvalue weighted by atomic mass is 35.5. The van der Waals surface area contributed by atoms with Crippen LogP contribution in [-0.4, -0.2) is 27.8 Å². The van der Waals surface area contributed by atoms with E-state index in [1.165, 1.54) is 0 Å². The van der Waals surface area contributed by atoms with Crippen LogP contribution in [0.2, 0.25) is 5.15 Å². The van der Waals surface area contributed by atoms with Crippen molar-refractivity contribution in [2.24, 2.45) is 18.9 Å². The molecule has 1 aliphatic rings. The molecule has 0 N–H and O–H groups in total. The highest BCUT2D eigenvalue weighted by Crippen LogP contribution is 2.34. The minimum Gasteiger partial charge on any atom is -0.375 e. The van der Waals surface area contributed by atoms with Gasteiger partial charge in [0.2, 0.25) is 0 Å². The van der Waals surface area contributed by atoms with Crippen LogP contribution >= 0.6 is 11.6 Å². The highest BCUT2D eigenvalue weighted by molar-refractivity contribution is 6.30. The maximum absolute atomic E-state index is 12.5. The molecule has 19 heavy (non-hydrogen) atoms. The van der Waals surface area contributed by atoms with Crippen molar-refractivity contribution in [1.29, 1.82) is 0 Å². The summed E-state index contributed by atoms with van der Waals surface area (Å²) in [6.45, 7) is 7.96. The van der Waals surface area contributed by atoms with Gasteiger partial charge in [-0.2, -0.15) is 5.10 Å². The van der Waals surface area contributed by atoms with Crippen LogP contribution in [0.15, 0.2) is 0 Å². The van der Waals surface area contributed by atoms with Crippen molar-refractivity contribution < 1.29 is 9.53 Å². The van der Waals surface area contributed by atoms with Crippen molar-refractivity contribution in [3.8, 4) is 0 Å². The Labute approximate surface area is 119 Å². The Balaban J connectivity index is 2.17. The second-order valence-electron chi connectivity index (χ2n) is 5.55. The van der Waals surface area contributed by atoms with Crippen LogP contribution in [0.1, 0.15) is 32.0 Å². The molecule has 1 saturated heterocycles. The van der Waals surface area contributed by atoms with Gasteiger partial charge in [-0.3, -0.25) is 9.48 Å². The van der Waals surface area contributed by atoms with E-state index in [0.29, 0.717) is 11.6 Å². The summed E-state index contributed by atoms with van der Waals surface area (Å²) in [5.41, 5.74) is 1.67. The molecule has 1 aromatic heterocycles. The molecule has 106 valence electrons. The van der Waals surface area contributed by atoms with Crippen molar-refractivity contribution in [2.45, 2.75) is 46.3 Å². The fourth-order valence-electron chi connectivity index (χ4n) is 2.99. The summed E-state index contributed by atoms with van der Waals surface area (Å²) < 4.78 is 7.35. The van der Waals surface area contributed by atoms with Crippen LogP contribution in [0.5, 0.6) is 0 Å². The van der Waals surface area contributed by atoms with Gasteiger partial charge in [0.15, 0.2) is 0 Å². The number of halogens is 1. The van der Waals surface area contributed by atoms with E-state index in [1.54, 1.807) is 11.7 Å². The van der Waals surface area contributed by atoms with Gasteiger partial charge in [0.1, 0.15) is 10.9 Å². The Hall–Kier alpha value is -0.870. The SMILES string of the molecule is Cc1nn(C)c(Cl)c1CC(=O)C1C(C)OC(C)C1C. The minimum atomic E-state index is -0.0503. The van der Waals surface area contributed by atoms with Gasteiger partial charge in [-0.15, -0.1) is 0 Å². The molecular formula is C14H21ClN2O2. The lowest BCUT2D eigenvalue weighted by atomic mass is 9.84. The number of hydrogen-bond acceptors (Lipinski definition) is 3. The van der Waals surface area contributed by atoms with Gasteiger partial charge < -0.3 is 4.74 Å². The Morgan fingerprint density at radius 2 is 2.00 bits per heavy atom. The zero-order valence-corrected chi connectivity index (χ0v) is 12.9. The number of aromatic nitrogens is 2. The lowest BCUT2D eigenvalue weighted by Gasteiger charge is -2.17. The van der Waals surface area contributed by atoms with Gasteiger partial charge in [0.25, 0.3) is 0 Å². The van der Waals surface area contributed by atoms with Crippen LogP contribution < -0.4 is 0 Å². The first-order chi connectivity index (χ1) is 8.82. The summed E-state index contributed by atoms with van der Waals surface area (Å²) in [4.78, 5) is 12.5. The van der Waals surface area contributed by atoms with E-state index < -0.39 is 0 Å². The van der Waals surface area contributed by atoms with Gasteiger partial charge >= 0.3 is 0 Å². The van der Waals surface area contributed by atoms with Crippen molar-refractivity contribution in [3.63, 3.8) is 0 Å². The van der Waals surface area contributed by atoms with Gasteiger partial charge in [-0.1, -0.05) is 18.5 Å². The zero-order valence-electron chi connectivity index (χ0n) is 12.1. The summed E-state index contributed by atoms with van der Waals surface area (Å²) in [7, 11) is 1.79. The number of ether oxygens (including phenoxy) is 1. The van der Waals surface area contributed by atoms with Crippen molar-refractivity contribution in [1.82, 2.24) is 9.78 Å². The molecule has 2 rings (SSSR count). The second kappa shape index (κ2) is 5.25. The molecule has 0 radical (unpaired) electrons. The van der Waals surface area contributed by atoms with Crippen LogP contribution in [0.4, 0.5) is 0 Å². The number of nitrogens with zero attached hydrogens (tertiary/aromatic N) is 2. The smallest absolute Gasteiger partial charge is 0.143 e. The summed E-state index contributed by atoms with van der Waals surface area (Å²) >= 11 is 6.18. The third-order valence-electron chi connectivity index (χ3n) is 4.23. The van der Waals surface area contributed by atoms with Crippen molar-refractivity contribution in [3.05, 3.63) is 16.4 Å². The van der Waals surface area contributed by atoms with E-state index in [-0.39, 0.29) is 29.8 Å². The molecule has 0 bridgehead atoms. The molecule has 0 aromatic carbocycles. The van der Waals surface area contributed by atoms with Crippen LogP contribution in [0.3, 0.4) is 0 Å². The zero-order chi connectivity index (χ0) is 14.3. The van der Waals surface area contributed by atoms with Gasteiger partial charge in [-0.25, -0.2) is 0 Å². The number of carbonyl (C=O) groups is 1. The topological polar surface area (TPSA) is 44.1 Å². The standard InChI is InChI=1S/C14H21ClN2O2/c1-7-9(3)19-10(4)13(7)12(18)6-11-8(2)16-17(5)14(11)15/h7,9-10,13H,6H2,1-5H3. The number of Topliss-reactive ketones (excluding diaryl/α,β-unsaturated/α-hetero) is 1. The molecule has 2 heterocycles. The maximum Gasteiger partial charge on any atom is 0.143 e. The maximum atomic E-state index is 12.5. The van der Waals surface area contributed by atoms with E-state index in [2.05, 4.69) is 12.0 Å². The first-order valence-corrected chi connectivity index (χ1v) is 7.06. The third-order valence-corrected chi connectivity index (χ3v) is 4.71. The van der Waals surface area contributed by atoms with Crippen LogP contribution in [-0.2, 0) is 23.0 Å². The molecule has 0 amide bonds. The van der Waals surface area contributed by atoms with Crippen molar-refractivity contribution in [2.75, 3.05) is 0 Å². The molecule has 0 aliphatic carbocycles. The number of carbonyl (C=O) groups excluding carboxylic acids is 1. The van der Waals surface area contributed by atoms with Crippen LogP contribution in [0.25, 0.3) is 0 Å². The van der Waals surface area contributed by atoms with Gasteiger partial charge in [-0.05, 0) is 26.7 Å². The summed E-state index contributed by atoms with van der Waals surface area (Å²) in [5, 5.41) is 4.80. The summed E-state index contributed by atoms with van der Waals surface area (Å²) in [6, 6.07) is 0. The number of ketones is 1. The quantitative estimate of drug-likeness (QED) is 0.857. The predicted molar refractivity (Wildman–Crippen MR) is 74.3 cm³/mol. The van der Waals surface area contributed by atoms with E-state index >= 15 is 0 Å². The fraction of sp³-hybridized carbons (Fsp3) is 0.714. The molecule has 0 saturated carbocycles. The van der Waals surface area contributed by atoms with Crippen molar-refractivity contribution >= 4 is 17.4 Å². The van der Waals surface area contributed by atoms with Gasteiger partial charge in [0.05, 0.1) is 17.9 Å². The van der Waals surface area contributed by atoms with E-state index in [0.717, 1.165) is 11.3 Å². The molecule has 1 aliphatic heterocycles. The van der Waals surface area contributed by atoms with E-state index in [1.807, 2.05) is 20.8 Å². The Kier molecular flexibility index (Phi) is 4.02. The molecule has 4 atom stereocenters. The lowest BCUT2D eigenvalue weighted by molar-refractivity contribution is -0.124. The summed E-state index contributed by atoms with van der Waals surface area (Å²) in [5.74, 6) is 0.395. The average molecular weight is 285 g/mol. The van der Waals surface area contributed by atoms with Crippen LogP contribution in [0, 0.1) is 18.8 Å².